The summed E-state index contributed by atoms with van der Waals surface area (Å²) in [5.74, 6) is -0.170. The van der Waals surface area contributed by atoms with E-state index in [0.717, 1.165) is 21.5 Å². The Balaban J connectivity index is 1.92. The molecule has 2 heterocycles. The second-order valence-electron chi connectivity index (χ2n) is 5.31. The van der Waals surface area contributed by atoms with E-state index < -0.39 is 0 Å². The maximum absolute atomic E-state index is 12.4. The summed E-state index contributed by atoms with van der Waals surface area (Å²) >= 11 is 1.49. The predicted octanol–water partition coefficient (Wildman–Crippen LogP) is 3.69. The van der Waals surface area contributed by atoms with E-state index >= 15 is 0 Å². The van der Waals surface area contributed by atoms with Crippen molar-refractivity contribution >= 4 is 32.6 Å². The first-order valence-electron chi connectivity index (χ1n) is 7.22. The molecule has 2 aromatic heterocycles. The summed E-state index contributed by atoms with van der Waals surface area (Å²) in [7, 11) is 0. The number of hydrogen-bond donors (Lipinski definition) is 1. The number of rotatable bonds is 3. The summed E-state index contributed by atoms with van der Waals surface area (Å²) in [5.41, 5.74) is 4.72. The number of hydrogen-bond acceptors (Lipinski definition) is 4. The first-order valence-corrected chi connectivity index (χ1v) is 8.03. The van der Waals surface area contributed by atoms with Crippen molar-refractivity contribution in [3.8, 4) is 0 Å². The van der Waals surface area contributed by atoms with Gasteiger partial charge in [-0.25, -0.2) is 4.98 Å². The maximum atomic E-state index is 12.4. The molecule has 0 atom stereocenters. The summed E-state index contributed by atoms with van der Waals surface area (Å²) < 4.78 is 2.78. The van der Waals surface area contributed by atoms with Gasteiger partial charge in [-0.15, -0.1) is 0 Å². The molecule has 0 saturated heterocycles. The third-order valence-electron chi connectivity index (χ3n) is 3.74. The zero-order valence-electron chi connectivity index (χ0n) is 13.1. The number of nitrogens with one attached hydrogen (secondary N) is 1. The molecule has 1 aromatic carbocycles. The first-order chi connectivity index (χ1) is 10.5. The lowest BCUT2D eigenvalue weighted by Gasteiger charge is -2.03. The molecule has 1 N–H and O–H groups in total. The van der Waals surface area contributed by atoms with Crippen molar-refractivity contribution in [2.75, 3.05) is 5.32 Å². The number of benzene rings is 1. The smallest absolute Gasteiger partial charge is 0.275 e. The van der Waals surface area contributed by atoms with E-state index in [1.54, 1.807) is 10.7 Å². The van der Waals surface area contributed by atoms with Gasteiger partial charge in [0.1, 0.15) is 5.69 Å². The standard InChI is InChI=1S/C16H18N4OS/c1-5-20-12(8-10(3)19-20)15(21)18-16-17-14-11(4)9(2)6-7-13(14)22-16/h6-8H,5H2,1-4H3,(H,17,18,21). The van der Waals surface area contributed by atoms with Crippen LogP contribution in [0, 0.1) is 20.8 Å². The molecule has 0 spiro atoms. The summed E-state index contributed by atoms with van der Waals surface area (Å²) in [4.78, 5) is 17.0. The molecule has 0 saturated carbocycles. The average molecular weight is 314 g/mol. The topological polar surface area (TPSA) is 59.8 Å². The summed E-state index contributed by atoms with van der Waals surface area (Å²) in [5, 5.41) is 7.81. The minimum atomic E-state index is -0.170. The van der Waals surface area contributed by atoms with Crippen molar-refractivity contribution in [3.05, 3.63) is 40.7 Å². The zero-order chi connectivity index (χ0) is 15.9. The first kappa shape index (κ1) is 14.7. The van der Waals surface area contributed by atoms with Crippen molar-refractivity contribution in [2.45, 2.75) is 34.2 Å². The van der Waals surface area contributed by atoms with E-state index in [1.807, 2.05) is 19.9 Å². The van der Waals surface area contributed by atoms with Gasteiger partial charge in [-0.2, -0.15) is 5.10 Å². The summed E-state index contributed by atoms with van der Waals surface area (Å²) in [6.45, 7) is 8.63. The highest BCUT2D eigenvalue weighted by Crippen LogP contribution is 2.29. The van der Waals surface area contributed by atoms with E-state index in [9.17, 15) is 4.79 Å². The van der Waals surface area contributed by atoms with Crippen LogP contribution in [0.5, 0.6) is 0 Å². The van der Waals surface area contributed by atoms with Crippen LogP contribution in [-0.2, 0) is 6.54 Å². The highest BCUT2D eigenvalue weighted by atomic mass is 32.1. The molecule has 114 valence electrons. The van der Waals surface area contributed by atoms with Gasteiger partial charge in [0.15, 0.2) is 5.13 Å². The van der Waals surface area contributed by atoms with Crippen LogP contribution in [0.15, 0.2) is 18.2 Å². The van der Waals surface area contributed by atoms with Gasteiger partial charge in [-0.3, -0.25) is 14.8 Å². The van der Waals surface area contributed by atoms with E-state index in [0.29, 0.717) is 17.4 Å². The van der Waals surface area contributed by atoms with E-state index in [2.05, 4.69) is 35.3 Å². The Morgan fingerprint density at radius 1 is 1.32 bits per heavy atom. The molecule has 0 aliphatic carbocycles. The quantitative estimate of drug-likeness (QED) is 0.802. The Hall–Kier alpha value is -2.21. The van der Waals surface area contributed by atoms with Crippen LogP contribution in [0.1, 0.15) is 34.2 Å². The minimum Gasteiger partial charge on any atom is -0.296 e. The molecule has 1 amide bonds. The van der Waals surface area contributed by atoms with Crippen molar-refractivity contribution in [1.29, 1.82) is 0 Å². The minimum absolute atomic E-state index is 0.170. The van der Waals surface area contributed by atoms with Crippen molar-refractivity contribution in [1.82, 2.24) is 14.8 Å². The van der Waals surface area contributed by atoms with Gasteiger partial charge >= 0.3 is 0 Å². The van der Waals surface area contributed by atoms with Gasteiger partial charge in [0, 0.05) is 6.54 Å². The second-order valence-corrected chi connectivity index (χ2v) is 6.34. The molecule has 0 bridgehead atoms. The molecule has 0 aliphatic heterocycles. The molecular weight excluding hydrogens is 296 g/mol. The number of fused-ring (bicyclic) bond motifs is 1. The molecule has 22 heavy (non-hydrogen) atoms. The number of nitrogens with zero attached hydrogens (tertiary/aromatic N) is 3. The third-order valence-corrected chi connectivity index (χ3v) is 4.68. The molecule has 6 heteroatoms. The number of anilines is 1. The monoisotopic (exact) mass is 314 g/mol. The van der Waals surface area contributed by atoms with E-state index in [1.165, 1.54) is 16.9 Å². The molecule has 5 nitrogen and oxygen atoms in total. The van der Waals surface area contributed by atoms with Crippen molar-refractivity contribution in [3.63, 3.8) is 0 Å². The van der Waals surface area contributed by atoms with Gasteiger partial charge in [-0.1, -0.05) is 17.4 Å². The Morgan fingerprint density at radius 2 is 2.09 bits per heavy atom. The Labute approximate surface area is 133 Å². The van der Waals surface area contributed by atoms with Crippen LogP contribution in [0.25, 0.3) is 10.2 Å². The normalized spacial score (nSPS) is 11.1. The van der Waals surface area contributed by atoms with Gasteiger partial charge < -0.3 is 0 Å². The van der Waals surface area contributed by atoms with Gasteiger partial charge in [0.25, 0.3) is 5.91 Å². The fourth-order valence-corrected chi connectivity index (χ4v) is 3.33. The summed E-state index contributed by atoms with van der Waals surface area (Å²) in [6.07, 6.45) is 0. The van der Waals surface area contributed by atoms with Crippen LogP contribution >= 0.6 is 11.3 Å². The molecule has 3 rings (SSSR count). The fraction of sp³-hybridized carbons (Fsp3) is 0.312. The third kappa shape index (κ3) is 2.50. The van der Waals surface area contributed by atoms with E-state index in [4.69, 9.17) is 0 Å². The number of carbonyl (C=O) groups is 1. The number of carbonyl (C=O) groups excluding carboxylic acids is 1. The predicted molar refractivity (Wildman–Crippen MR) is 89.7 cm³/mol. The zero-order valence-corrected chi connectivity index (χ0v) is 13.9. The van der Waals surface area contributed by atoms with Crippen LogP contribution < -0.4 is 5.32 Å². The van der Waals surface area contributed by atoms with Crippen molar-refractivity contribution < 1.29 is 4.79 Å². The summed E-state index contributed by atoms with van der Waals surface area (Å²) in [6, 6.07) is 5.92. The van der Waals surface area contributed by atoms with Gasteiger partial charge in [0.2, 0.25) is 0 Å². The lowest BCUT2D eigenvalue weighted by atomic mass is 10.1. The fourth-order valence-electron chi connectivity index (χ4n) is 2.41. The van der Waals surface area contributed by atoms with Gasteiger partial charge in [-0.05, 0) is 51.0 Å². The lowest BCUT2D eigenvalue weighted by Crippen LogP contribution is -2.17. The highest BCUT2D eigenvalue weighted by molar-refractivity contribution is 7.22. The molecule has 0 fully saturated rings. The molecule has 0 unspecified atom stereocenters. The maximum Gasteiger partial charge on any atom is 0.275 e. The molecule has 0 radical (unpaired) electrons. The van der Waals surface area contributed by atoms with E-state index in [-0.39, 0.29) is 5.91 Å². The van der Waals surface area contributed by atoms with Crippen molar-refractivity contribution in [2.24, 2.45) is 0 Å². The van der Waals surface area contributed by atoms with Crippen LogP contribution in [-0.4, -0.2) is 20.7 Å². The second kappa shape index (κ2) is 5.53. The number of thiazole rings is 1. The highest BCUT2D eigenvalue weighted by Gasteiger charge is 2.16. The van der Waals surface area contributed by atoms with Crippen LogP contribution in [0.4, 0.5) is 5.13 Å². The Bertz CT molecular complexity index is 863. The average Bonchev–Trinajstić information content (AvgIpc) is 3.06. The largest absolute Gasteiger partial charge is 0.296 e. The molecule has 0 aliphatic rings. The number of aryl methyl sites for hydroxylation is 4. The Morgan fingerprint density at radius 3 is 2.82 bits per heavy atom. The number of amides is 1. The Kier molecular flexibility index (Phi) is 3.70. The molecular formula is C16H18N4OS. The molecule has 3 aromatic rings. The van der Waals surface area contributed by atoms with Crippen LogP contribution in [0.2, 0.25) is 0 Å². The van der Waals surface area contributed by atoms with Crippen LogP contribution in [0.3, 0.4) is 0 Å². The lowest BCUT2D eigenvalue weighted by molar-refractivity contribution is 0.101. The van der Waals surface area contributed by atoms with Gasteiger partial charge in [0.05, 0.1) is 15.9 Å². The number of aromatic nitrogens is 3. The SMILES string of the molecule is CCn1nc(C)cc1C(=O)Nc1nc2c(C)c(C)ccc2s1.